The first-order valence-electron chi connectivity index (χ1n) is 4.66. The van der Waals surface area contributed by atoms with Crippen molar-refractivity contribution in [1.29, 1.82) is 0 Å². The molecule has 0 saturated heterocycles. The van der Waals surface area contributed by atoms with Gasteiger partial charge in [0.05, 0.1) is 3.79 Å². The predicted octanol–water partition coefficient (Wildman–Crippen LogP) is 3.04. The Morgan fingerprint density at radius 3 is 2.85 bits per heavy atom. The number of halogens is 1. The van der Waals surface area contributed by atoms with Crippen LogP contribution in [0.4, 0.5) is 0 Å². The van der Waals surface area contributed by atoms with Crippen molar-refractivity contribution in [3.05, 3.63) is 20.8 Å². The van der Waals surface area contributed by atoms with E-state index < -0.39 is 0 Å². The molecule has 0 aliphatic heterocycles. The van der Waals surface area contributed by atoms with Gasteiger partial charge in [-0.15, -0.1) is 11.3 Å². The lowest BCUT2D eigenvalue weighted by Crippen LogP contribution is -2.25. The van der Waals surface area contributed by atoms with E-state index in [1.54, 1.807) is 11.3 Å². The Labute approximate surface area is 91.5 Å². The first-order valence-corrected chi connectivity index (χ1v) is 6.27. The Hall–Kier alpha value is 0.140. The van der Waals surface area contributed by atoms with Crippen LogP contribution in [0.1, 0.15) is 18.2 Å². The SMILES string of the molecule is CC1CC1C(N)Cc1ccc(Br)s1. The van der Waals surface area contributed by atoms with Gasteiger partial charge in [-0.25, -0.2) is 0 Å². The molecule has 1 aromatic rings. The Morgan fingerprint density at radius 1 is 1.69 bits per heavy atom. The van der Waals surface area contributed by atoms with Gasteiger partial charge in [-0.2, -0.15) is 0 Å². The molecule has 0 amide bonds. The number of thiophene rings is 1. The molecule has 2 N–H and O–H groups in total. The minimum Gasteiger partial charge on any atom is -0.327 e. The summed E-state index contributed by atoms with van der Waals surface area (Å²) in [4.78, 5) is 1.40. The molecule has 0 aromatic carbocycles. The number of rotatable bonds is 3. The van der Waals surface area contributed by atoms with E-state index in [0.29, 0.717) is 6.04 Å². The van der Waals surface area contributed by atoms with E-state index in [1.807, 2.05) is 0 Å². The van der Waals surface area contributed by atoms with Crippen LogP contribution in [0.25, 0.3) is 0 Å². The molecule has 2 rings (SSSR count). The van der Waals surface area contributed by atoms with E-state index in [-0.39, 0.29) is 0 Å². The summed E-state index contributed by atoms with van der Waals surface area (Å²) in [5.41, 5.74) is 6.10. The molecule has 1 aromatic heterocycles. The molecule has 3 unspecified atom stereocenters. The third-order valence-corrected chi connectivity index (χ3v) is 4.43. The summed E-state index contributed by atoms with van der Waals surface area (Å²) in [6, 6.07) is 4.64. The first-order chi connectivity index (χ1) is 6.16. The summed E-state index contributed by atoms with van der Waals surface area (Å²) in [5, 5.41) is 0. The van der Waals surface area contributed by atoms with E-state index in [1.165, 1.54) is 15.1 Å². The first kappa shape index (κ1) is 9.69. The zero-order valence-electron chi connectivity index (χ0n) is 7.66. The number of nitrogens with two attached hydrogens (primary N) is 1. The van der Waals surface area contributed by atoms with Crippen molar-refractivity contribution in [2.45, 2.75) is 25.8 Å². The van der Waals surface area contributed by atoms with Crippen LogP contribution in [-0.4, -0.2) is 6.04 Å². The lowest BCUT2D eigenvalue weighted by Gasteiger charge is -2.08. The summed E-state index contributed by atoms with van der Waals surface area (Å²) in [6.07, 6.45) is 2.37. The molecular weight excluding hydrogens is 246 g/mol. The quantitative estimate of drug-likeness (QED) is 0.888. The smallest absolute Gasteiger partial charge is 0.0701 e. The number of hydrogen-bond donors (Lipinski definition) is 1. The van der Waals surface area contributed by atoms with Crippen molar-refractivity contribution in [3.63, 3.8) is 0 Å². The molecule has 3 atom stereocenters. The maximum absolute atomic E-state index is 6.10. The molecule has 1 fully saturated rings. The standard InChI is InChI=1S/C10H14BrNS/c1-6-4-8(6)9(12)5-7-2-3-10(11)13-7/h2-3,6,8-9H,4-5,12H2,1H3. The van der Waals surface area contributed by atoms with Gasteiger partial charge in [-0.05, 0) is 52.7 Å². The molecule has 3 heteroatoms. The van der Waals surface area contributed by atoms with Crippen LogP contribution in [0.3, 0.4) is 0 Å². The normalized spacial score (nSPS) is 28.8. The van der Waals surface area contributed by atoms with Crippen LogP contribution in [0, 0.1) is 11.8 Å². The molecule has 0 bridgehead atoms. The zero-order chi connectivity index (χ0) is 9.42. The van der Waals surface area contributed by atoms with Crippen molar-refractivity contribution < 1.29 is 0 Å². The van der Waals surface area contributed by atoms with Gasteiger partial charge in [0, 0.05) is 10.9 Å². The van der Waals surface area contributed by atoms with Gasteiger partial charge >= 0.3 is 0 Å². The second-order valence-electron chi connectivity index (χ2n) is 3.95. The van der Waals surface area contributed by atoms with Crippen LogP contribution in [0.15, 0.2) is 15.9 Å². The summed E-state index contributed by atoms with van der Waals surface area (Å²) in [7, 11) is 0. The summed E-state index contributed by atoms with van der Waals surface area (Å²) in [5.74, 6) is 1.64. The molecule has 1 heterocycles. The minimum absolute atomic E-state index is 0.376. The molecule has 1 aliphatic carbocycles. The third-order valence-electron chi connectivity index (χ3n) is 2.79. The van der Waals surface area contributed by atoms with Crippen LogP contribution < -0.4 is 5.73 Å². The van der Waals surface area contributed by atoms with E-state index in [2.05, 4.69) is 35.0 Å². The molecule has 72 valence electrons. The van der Waals surface area contributed by atoms with E-state index in [9.17, 15) is 0 Å². The van der Waals surface area contributed by atoms with Crippen molar-refractivity contribution in [2.24, 2.45) is 17.6 Å². The van der Waals surface area contributed by atoms with E-state index >= 15 is 0 Å². The second-order valence-corrected chi connectivity index (χ2v) is 6.50. The van der Waals surface area contributed by atoms with Crippen LogP contribution >= 0.6 is 27.3 Å². The van der Waals surface area contributed by atoms with Gasteiger partial charge in [0.2, 0.25) is 0 Å². The Bertz CT molecular complexity index is 297. The summed E-state index contributed by atoms with van der Waals surface area (Å²) in [6.45, 7) is 2.29. The van der Waals surface area contributed by atoms with Gasteiger partial charge < -0.3 is 5.73 Å². The van der Waals surface area contributed by atoms with Crippen molar-refractivity contribution in [3.8, 4) is 0 Å². The maximum atomic E-state index is 6.10. The highest BCUT2D eigenvalue weighted by atomic mass is 79.9. The van der Waals surface area contributed by atoms with Gasteiger partial charge in [-0.1, -0.05) is 6.92 Å². The van der Waals surface area contributed by atoms with Crippen molar-refractivity contribution >= 4 is 27.3 Å². The minimum atomic E-state index is 0.376. The molecule has 13 heavy (non-hydrogen) atoms. The number of hydrogen-bond acceptors (Lipinski definition) is 2. The molecule has 0 radical (unpaired) electrons. The Morgan fingerprint density at radius 2 is 2.38 bits per heavy atom. The molecular formula is C10H14BrNS. The largest absolute Gasteiger partial charge is 0.327 e. The highest BCUT2D eigenvalue weighted by Gasteiger charge is 2.37. The van der Waals surface area contributed by atoms with Crippen molar-refractivity contribution in [2.75, 3.05) is 0 Å². The van der Waals surface area contributed by atoms with Gasteiger partial charge in [0.1, 0.15) is 0 Å². The van der Waals surface area contributed by atoms with Crippen molar-refractivity contribution in [1.82, 2.24) is 0 Å². The third kappa shape index (κ3) is 2.33. The van der Waals surface area contributed by atoms with Crippen LogP contribution in [0.2, 0.25) is 0 Å². The summed E-state index contributed by atoms with van der Waals surface area (Å²) < 4.78 is 1.21. The van der Waals surface area contributed by atoms with E-state index in [0.717, 1.165) is 18.3 Å². The molecule has 1 aliphatic rings. The van der Waals surface area contributed by atoms with Crippen LogP contribution in [-0.2, 0) is 6.42 Å². The Kier molecular flexibility index (Phi) is 2.77. The monoisotopic (exact) mass is 259 g/mol. The topological polar surface area (TPSA) is 26.0 Å². The lowest BCUT2D eigenvalue weighted by molar-refractivity contribution is 0.564. The average molecular weight is 260 g/mol. The average Bonchev–Trinajstić information content (AvgIpc) is 2.66. The maximum Gasteiger partial charge on any atom is 0.0701 e. The highest BCUT2D eigenvalue weighted by Crippen LogP contribution is 2.41. The zero-order valence-corrected chi connectivity index (χ0v) is 10.1. The summed E-state index contributed by atoms with van der Waals surface area (Å²) >= 11 is 5.26. The van der Waals surface area contributed by atoms with E-state index in [4.69, 9.17) is 5.73 Å². The molecule has 1 nitrogen and oxygen atoms in total. The highest BCUT2D eigenvalue weighted by molar-refractivity contribution is 9.11. The molecule has 1 saturated carbocycles. The predicted molar refractivity (Wildman–Crippen MR) is 61.0 cm³/mol. The second kappa shape index (κ2) is 3.71. The van der Waals surface area contributed by atoms with Gasteiger partial charge in [0.25, 0.3) is 0 Å². The lowest BCUT2D eigenvalue weighted by atomic mass is 10.1. The fourth-order valence-corrected chi connectivity index (χ4v) is 3.35. The van der Waals surface area contributed by atoms with Gasteiger partial charge in [-0.3, -0.25) is 0 Å². The van der Waals surface area contributed by atoms with Crippen LogP contribution in [0.5, 0.6) is 0 Å². The fourth-order valence-electron chi connectivity index (χ4n) is 1.79. The fraction of sp³-hybridized carbons (Fsp3) is 0.600. The molecule has 0 spiro atoms. The van der Waals surface area contributed by atoms with Gasteiger partial charge in [0.15, 0.2) is 0 Å². The Balaban J connectivity index is 1.91.